The number of halogens is 1. The Hall–Kier alpha value is -1.97. The molecule has 0 spiro atoms. The Kier molecular flexibility index (Phi) is 3.32. The van der Waals surface area contributed by atoms with E-state index >= 15 is 0 Å². The molecule has 0 bridgehead atoms. The third kappa shape index (κ3) is 3.00. The third-order valence-corrected chi connectivity index (χ3v) is 2.54. The molecule has 1 aromatic heterocycles. The number of hydrogen-bond donors (Lipinski definition) is 1. The Morgan fingerprint density at radius 1 is 1.53 bits per heavy atom. The molecule has 1 heterocycles. The molecule has 88 valence electrons. The molecule has 0 radical (unpaired) electrons. The molecule has 1 aromatic rings. The number of aromatic nitrogens is 2. The van der Waals surface area contributed by atoms with Crippen molar-refractivity contribution in [2.24, 2.45) is 0 Å². The van der Waals surface area contributed by atoms with Gasteiger partial charge in [-0.05, 0) is 24.6 Å². The van der Waals surface area contributed by atoms with Crippen LogP contribution < -0.4 is 0 Å². The molecule has 0 aromatic carbocycles. The molecule has 0 fully saturated rings. The van der Waals surface area contributed by atoms with E-state index < -0.39 is 0 Å². The highest BCUT2D eigenvalue weighted by atomic mass is 19.1. The zero-order valence-corrected chi connectivity index (χ0v) is 9.53. The fourth-order valence-electron chi connectivity index (χ4n) is 1.65. The number of nitrogens with zero attached hydrogens (tertiary/aromatic N) is 1. The van der Waals surface area contributed by atoms with Gasteiger partial charge >= 0.3 is 0 Å². The van der Waals surface area contributed by atoms with Gasteiger partial charge in [0.25, 0.3) is 0 Å². The van der Waals surface area contributed by atoms with Crippen LogP contribution in [0.15, 0.2) is 41.8 Å². The number of carbonyl (C=O) groups is 1. The van der Waals surface area contributed by atoms with E-state index in [2.05, 4.69) is 10.2 Å². The first-order valence-electron chi connectivity index (χ1n) is 5.42. The maximum atomic E-state index is 12.9. The Balaban J connectivity index is 2.10. The second-order valence-electron chi connectivity index (χ2n) is 3.99. The van der Waals surface area contributed by atoms with E-state index in [0.717, 1.165) is 11.3 Å². The van der Waals surface area contributed by atoms with Crippen LogP contribution in [0.25, 0.3) is 0 Å². The van der Waals surface area contributed by atoms with Crippen molar-refractivity contribution in [2.75, 3.05) is 0 Å². The van der Waals surface area contributed by atoms with E-state index in [1.807, 2.05) is 0 Å². The summed E-state index contributed by atoms with van der Waals surface area (Å²) in [6, 6.07) is 1.73. The average molecular weight is 232 g/mol. The van der Waals surface area contributed by atoms with Gasteiger partial charge in [0.2, 0.25) is 0 Å². The number of rotatable bonds is 3. The van der Waals surface area contributed by atoms with Gasteiger partial charge < -0.3 is 0 Å². The summed E-state index contributed by atoms with van der Waals surface area (Å²) in [5.41, 5.74) is 2.38. The molecular formula is C13H13FN2O. The van der Waals surface area contributed by atoms with Gasteiger partial charge in [-0.1, -0.05) is 17.7 Å². The smallest absolute Gasteiger partial charge is 0.179 e. The lowest BCUT2D eigenvalue weighted by Gasteiger charge is -1.99. The largest absolute Gasteiger partial charge is 0.293 e. The van der Waals surface area contributed by atoms with E-state index in [4.69, 9.17) is 0 Å². The standard InChI is InChI=1S/C13H13FN2O/c1-9(17)13-8-12(15-16-13)7-10-3-2-4-11(14)6-5-10/h2,4-6,8H,3,7H2,1H3,(H,15,16). The molecule has 2 rings (SSSR count). The number of carbonyl (C=O) groups excluding carboxylic acids is 1. The Morgan fingerprint density at radius 3 is 3.06 bits per heavy atom. The summed E-state index contributed by atoms with van der Waals surface area (Å²) in [5, 5.41) is 6.73. The summed E-state index contributed by atoms with van der Waals surface area (Å²) in [5.74, 6) is -0.304. The van der Waals surface area contributed by atoms with E-state index in [1.54, 1.807) is 18.2 Å². The van der Waals surface area contributed by atoms with Crippen LogP contribution in [0.1, 0.15) is 29.5 Å². The number of Topliss-reactive ketones (excluding diaryl/α,β-unsaturated/α-hetero) is 1. The van der Waals surface area contributed by atoms with Crippen LogP contribution in [0.5, 0.6) is 0 Å². The predicted molar refractivity (Wildman–Crippen MR) is 63.3 cm³/mol. The molecule has 1 N–H and O–H groups in total. The Morgan fingerprint density at radius 2 is 2.35 bits per heavy atom. The van der Waals surface area contributed by atoms with E-state index in [1.165, 1.54) is 19.1 Å². The number of hydrogen-bond acceptors (Lipinski definition) is 2. The fourth-order valence-corrected chi connectivity index (χ4v) is 1.65. The van der Waals surface area contributed by atoms with Crippen LogP contribution in [-0.2, 0) is 6.42 Å². The maximum absolute atomic E-state index is 12.9. The monoisotopic (exact) mass is 232 g/mol. The second-order valence-corrected chi connectivity index (χ2v) is 3.99. The number of ketones is 1. The van der Waals surface area contributed by atoms with Gasteiger partial charge in [0.1, 0.15) is 11.5 Å². The molecule has 4 heteroatoms. The number of allylic oxidation sites excluding steroid dienone is 6. The zero-order valence-electron chi connectivity index (χ0n) is 9.53. The highest BCUT2D eigenvalue weighted by Gasteiger charge is 2.07. The summed E-state index contributed by atoms with van der Waals surface area (Å²) in [7, 11) is 0. The van der Waals surface area contributed by atoms with E-state index in [9.17, 15) is 9.18 Å². The lowest BCUT2D eigenvalue weighted by molar-refractivity contribution is 0.101. The average Bonchev–Trinajstić information content (AvgIpc) is 2.65. The molecule has 0 saturated heterocycles. The molecule has 1 aliphatic carbocycles. The molecule has 1 aliphatic rings. The van der Waals surface area contributed by atoms with Gasteiger partial charge in [0.15, 0.2) is 5.78 Å². The van der Waals surface area contributed by atoms with Gasteiger partial charge in [-0.25, -0.2) is 4.39 Å². The van der Waals surface area contributed by atoms with Gasteiger partial charge in [-0.2, -0.15) is 5.10 Å². The molecule has 0 saturated carbocycles. The molecule has 0 amide bonds. The normalized spacial score (nSPS) is 15.2. The molecule has 0 atom stereocenters. The molecule has 17 heavy (non-hydrogen) atoms. The third-order valence-electron chi connectivity index (χ3n) is 2.54. The van der Waals surface area contributed by atoms with E-state index in [0.29, 0.717) is 18.5 Å². The van der Waals surface area contributed by atoms with Crippen LogP contribution in [-0.4, -0.2) is 16.0 Å². The van der Waals surface area contributed by atoms with Crippen LogP contribution in [0.3, 0.4) is 0 Å². The van der Waals surface area contributed by atoms with Crippen molar-refractivity contribution in [3.05, 3.63) is 53.2 Å². The summed E-state index contributed by atoms with van der Waals surface area (Å²) in [6.07, 6.45) is 7.81. The Labute approximate surface area is 98.7 Å². The van der Waals surface area contributed by atoms with Crippen LogP contribution in [0.2, 0.25) is 0 Å². The lowest BCUT2D eigenvalue weighted by Crippen LogP contribution is -1.90. The van der Waals surface area contributed by atoms with Gasteiger partial charge in [-0.15, -0.1) is 0 Å². The maximum Gasteiger partial charge on any atom is 0.179 e. The zero-order chi connectivity index (χ0) is 12.3. The summed E-state index contributed by atoms with van der Waals surface area (Å²) in [6.45, 7) is 1.48. The first-order valence-corrected chi connectivity index (χ1v) is 5.42. The van der Waals surface area contributed by atoms with Gasteiger partial charge in [-0.3, -0.25) is 9.89 Å². The first kappa shape index (κ1) is 11.5. The summed E-state index contributed by atoms with van der Waals surface area (Å²) in [4.78, 5) is 11.1. The highest BCUT2D eigenvalue weighted by Crippen LogP contribution is 2.16. The lowest BCUT2D eigenvalue weighted by atomic mass is 10.1. The van der Waals surface area contributed by atoms with Crippen molar-refractivity contribution in [1.29, 1.82) is 0 Å². The Bertz CT molecular complexity index is 523. The molecular weight excluding hydrogens is 219 g/mol. The van der Waals surface area contributed by atoms with Crippen molar-refractivity contribution >= 4 is 5.78 Å². The highest BCUT2D eigenvalue weighted by molar-refractivity contribution is 5.92. The number of nitrogens with one attached hydrogen (secondary N) is 1. The fraction of sp³-hybridized carbons (Fsp3) is 0.231. The van der Waals surface area contributed by atoms with Crippen molar-refractivity contribution in [2.45, 2.75) is 19.8 Å². The van der Waals surface area contributed by atoms with Crippen molar-refractivity contribution in [3.63, 3.8) is 0 Å². The number of H-pyrrole nitrogens is 1. The van der Waals surface area contributed by atoms with Crippen LogP contribution in [0, 0.1) is 0 Å². The van der Waals surface area contributed by atoms with Crippen molar-refractivity contribution in [1.82, 2.24) is 10.2 Å². The quantitative estimate of drug-likeness (QED) is 0.814. The topological polar surface area (TPSA) is 45.8 Å². The minimum atomic E-state index is -0.242. The first-order chi connectivity index (χ1) is 8.15. The SMILES string of the molecule is CC(=O)c1cc(CC2=CC=C(F)C=CC2)[nH]n1. The molecule has 3 nitrogen and oxygen atoms in total. The summed E-state index contributed by atoms with van der Waals surface area (Å²) >= 11 is 0. The van der Waals surface area contributed by atoms with E-state index in [-0.39, 0.29) is 11.6 Å². The van der Waals surface area contributed by atoms with Gasteiger partial charge in [0, 0.05) is 19.0 Å². The predicted octanol–water partition coefficient (Wildman–Crippen LogP) is 2.89. The molecule has 0 aliphatic heterocycles. The van der Waals surface area contributed by atoms with Crippen LogP contribution >= 0.6 is 0 Å². The van der Waals surface area contributed by atoms with Gasteiger partial charge in [0.05, 0.1) is 0 Å². The minimum absolute atomic E-state index is 0.0619. The minimum Gasteiger partial charge on any atom is -0.293 e. The van der Waals surface area contributed by atoms with Crippen LogP contribution in [0.4, 0.5) is 4.39 Å². The van der Waals surface area contributed by atoms with Crippen molar-refractivity contribution < 1.29 is 9.18 Å². The summed E-state index contributed by atoms with van der Waals surface area (Å²) < 4.78 is 12.9. The number of aromatic amines is 1. The second kappa shape index (κ2) is 4.91. The van der Waals surface area contributed by atoms with Crippen molar-refractivity contribution in [3.8, 4) is 0 Å². The molecule has 0 unspecified atom stereocenters.